The van der Waals surface area contributed by atoms with Crippen LogP contribution in [0.1, 0.15) is 45.9 Å². The number of nitrogens with zero attached hydrogens (tertiary/aromatic N) is 4. The van der Waals surface area contributed by atoms with Crippen molar-refractivity contribution in [2.45, 2.75) is 59.5 Å². The van der Waals surface area contributed by atoms with Crippen LogP contribution in [0.2, 0.25) is 0 Å². The van der Waals surface area contributed by atoms with Gasteiger partial charge in [-0.2, -0.15) is 0 Å². The minimum Gasteiger partial charge on any atom is -0.357 e. The maximum Gasteiger partial charge on any atom is 0.191 e. The lowest BCUT2D eigenvalue weighted by Gasteiger charge is -2.34. The number of aromatic nitrogens is 2. The SMILES string of the molecule is CCNC(=NCC1CCCN(C(C)C)C1)NCCCn1c(C)nc2ccccc21.I. The molecule has 3 rings (SSSR count). The molecule has 1 fully saturated rings. The van der Waals surface area contributed by atoms with Gasteiger partial charge in [0.05, 0.1) is 11.0 Å². The molecular weight excluding hydrogens is 487 g/mol. The van der Waals surface area contributed by atoms with E-state index >= 15 is 0 Å². The van der Waals surface area contributed by atoms with E-state index in [9.17, 15) is 0 Å². The number of nitrogens with one attached hydrogen (secondary N) is 2. The van der Waals surface area contributed by atoms with E-state index in [2.05, 4.69) is 71.0 Å². The van der Waals surface area contributed by atoms with Gasteiger partial charge in [0.15, 0.2) is 5.96 Å². The van der Waals surface area contributed by atoms with E-state index in [4.69, 9.17) is 4.99 Å². The topological polar surface area (TPSA) is 57.5 Å². The first-order chi connectivity index (χ1) is 14.1. The first-order valence-corrected chi connectivity index (χ1v) is 11.3. The van der Waals surface area contributed by atoms with Gasteiger partial charge in [0.25, 0.3) is 0 Å². The highest BCUT2D eigenvalue weighted by Crippen LogP contribution is 2.18. The summed E-state index contributed by atoms with van der Waals surface area (Å²) in [4.78, 5) is 12.1. The second-order valence-electron chi connectivity index (χ2n) is 8.40. The minimum atomic E-state index is 0. The smallest absolute Gasteiger partial charge is 0.191 e. The quantitative estimate of drug-likeness (QED) is 0.236. The fourth-order valence-corrected chi connectivity index (χ4v) is 4.20. The highest BCUT2D eigenvalue weighted by atomic mass is 127. The summed E-state index contributed by atoms with van der Waals surface area (Å²) >= 11 is 0. The summed E-state index contributed by atoms with van der Waals surface area (Å²) in [5.74, 6) is 2.70. The van der Waals surface area contributed by atoms with Gasteiger partial charge >= 0.3 is 0 Å². The minimum absolute atomic E-state index is 0. The Morgan fingerprint density at radius 1 is 1.27 bits per heavy atom. The molecule has 0 aliphatic carbocycles. The van der Waals surface area contributed by atoms with Crippen LogP contribution in [0, 0.1) is 12.8 Å². The predicted molar refractivity (Wildman–Crippen MR) is 138 cm³/mol. The fourth-order valence-electron chi connectivity index (χ4n) is 4.20. The summed E-state index contributed by atoms with van der Waals surface area (Å²) in [7, 11) is 0. The second kappa shape index (κ2) is 12.5. The lowest BCUT2D eigenvalue weighted by molar-refractivity contribution is 0.143. The zero-order valence-electron chi connectivity index (χ0n) is 19.0. The van der Waals surface area contributed by atoms with Crippen molar-refractivity contribution in [1.82, 2.24) is 25.1 Å². The third kappa shape index (κ3) is 6.83. The summed E-state index contributed by atoms with van der Waals surface area (Å²) in [5.41, 5.74) is 2.30. The number of hydrogen-bond acceptors (Lipinski definition) is 3. The third-order valence-corrected chi connectivity index (χ3v) is 5.83. The Morgan fingerprint density at radius 3 is 2.83 bits per heavy atom. The molecule has 30 heavy (non-hydrogen) atoms. The van der Waals surface area contributed by atoms with Crippen LogP contribution in [-0.4, -0.2) is 59.2 Å². The number of fused-ring (bicyclic) bond motifs is 1. The van der Waals surface area contributed by atoms with Crippen molar-refractivity contribution in [3.8, 4) is 0 Å². The lowest BCUT2D eigenvalue weighted by Crippen LogP contribution is -2.42. The van der Waals surface area contributed by atoms with Gasteiger partial charge in [-0.3, -0.25) is 4.99 Å². The van der Waals surface area contributed by atoms with Crippen LogP contribution in [0.25, 0.3) is 11.0 Å². The Labute approximate surface area is 198 Å². The molecule has 6 nitrogen and oxygen atoms in total. The van der Waals surface area contributed by atoms with Crippen molar-refractivity contribution in [2.24, 2.45) is 10.9 Å². The highest BCUT2D eigenvalue weighted by Gasteiger charge is 2.21. The maximum atomic E-state index is 4.88. The van der Waals surface area contributed by atoms with Crippen molar-refractivity contribution in [2.75, 3.05) is 32.7 Å². The average Bonchev–Trinajstić information content (AvgIpc) is 3.04. The van der Waals surface area contributed by atoms with Gasteiger partial charge in [0, 0.05) is 38.8 Å². The Morgan fingerprint density at radius 2 is 2.07 bits per heavy atom. The molecule has 7 heteroatoms. The summed E-state index contributed by atoms with van der Waals surface area (Å²) in [6.45, 7) is 14.9. The Balaban J connectivity index is 0.00000320. The van der Waals surface area contributed by atoms with Crippen LogP contribution >= 0.6 is 24.0 Å². The molecule has 0 amide bonds. The number of rotatable bonds is 8. The molecule has 1 aromatic heterocycles. The van der Waals surface area contributed by atoms with Crippen LogP contribution in [0.15, 0.2) is 29.3 Å². The van der Waals surface area contributed by atoms with Gasteiger partial charge in [-0.05, 0) is 71.6 Å². The number of hydrogen-bond donors (Lipinski definition) is 2. The van der Waals surface area contributed by atoms with Crippen molar-refractivity contribution in [3.05, 3.63) is 30.1 Å². The number of para-hydroxylation sites is 2. The van der Waals surface area contributed by atoms with Gasteiger partial charge in [0.2, 0.25) is 0 Å². The highest BCUT2D eigenvalue weighted by molar-refractivity contribution is 14.0. The Hall–Kier alpha value is -1.35. The summed E-state index contributed by atoms with van der Waals surface area (Å²) < 4.78 is 2.31. The number of aliphatic imine (C=N–C) groups is 1. The van der Waals surface area contributed by atoms with Crippen molar-refractivity contribution in [1.29, 1.82) is 0 Å². The maximum absolute atomic E-state index is 4.88. The molecule has 1 aromatic carbocycles. The monoisotopic (exact) mass is 526 g/mol. The normalized spacial score (nSPS) is 17.9. The van der Waals surface area contributed by atoms with E-state index in [0.717, 1.165) is 49.9 Å². The average molecular weight is 527 g/mol. The standard InChI is InChI=1S/C23H38N6.HI/c1-5-24-23(26-16-20-10-8-14-28(17-20)18(2)3)25-13-9-15-29-19(4)27-21-11-6-7-12-22(21)29;/h6-7,11-12,18,20H,5,8-10,13-17H2,1-4H3,(H2,24,25,26);1H. The molecule has 1 unspecified atom stereocenters. The first-order valence-electron chi connectivity index (χ1n) is 11.3. The molecule has 2 N–H and O–H groups in total. The van der Waals surface area contributed by atoms with Crippen LogP contribution in [0.4, 0.5) is 0 Å². The molecule has 1 atom stereocenters. The molecule has 0 bridgehead atoms. The number of benzene rings is 1. The predicted octanol–water partition coefficient (Wildman–Crippen LogP) is 4.03. The largest absolute Gasteiger partial charge is 0.357 e. The van der Waals surface area contributed by atoms with Crippen LogP contribution in [0.5, 0.6) is 0 Å². The van der Waals surface area contributed by atoms with Crippen LogP contribution < -0.4 is 10.6 Å². The van der Waals surface area contributed by atoms with Gasteiger partial charge in [-0.15, -0.1) is 24.0 Å². The number of halogens is 1. The number of likely N-dealkylation sites (tertiary alicyclic amines) is 1. The molecule has 2 heterocycles. The van der Waals surface area contributed by atoms with Crippen molar-refractivity contribution < 1.29 is 0 Å². The number of piperidine rings is 1. The number of aryl methyl sites for hydroxylation is 2. The first kappa shape index (κ1) is 24.9. The van der Waals surface area contributed by atoms with Gasteiger partial charge in [-0.1, -0.05) is 12.1 Å². The molecule has 0 saturated carbocycles. The van der Waals surface area contributed by atoms with Gasteiger partial charge in [0.1, 0.15) is 5.82 Å². The van der Waals surface area contributed by atoms with Gasteiger partial charge in [-0.25, -0.2) is 4.98 Å². The van der Waals surface area contributed by atoms with E-state index in [0.29, 0.717) is 12.0 Å². The lowest BCUT2D eigenvalue weighted by atomic mass is 9.97. The molecule has 168 valence electrons. The van der Waals surface area contributed by atoms with Crippen LogP contribution in [0.3, 0.4) is 0 Å². The molecule has 0 radical (unpaired) electrons. The van der Waals surface area contributed by atoms with E-state index in [1.807, 2.05) is 6.07 Å². The van der Waals surface area contributed by atoms with Crippen molar-refractivity contribution in [3.63, 3.8) is 0 Å². The second-order valence-corrected chi connectivity index (χ2v) is 8.40. The zero-order chi connectivity index (χ0) is 20.6. The van der Waals surface area contributed by atoms with Crippen molar-refractivity contribution >= 4 is 41.0 Å². The summed E-state index contributed by atoms with van der Waals surface area (Å²) in [5, 5.41) is 6.91. The summed E-state index contributed by atoms with van der Waals surface area (Å²) in [6, 6.07) is 9.00. The van der Waals surface area contributed by atoms with E-state index in [1.165, 1.54) is 31.4 Å². The number of imidazole rings is 1. The van der Waals surface area contributed by atoms with Gasteiger partial charge < -0.3 is 20.1 Å². The van der Waals surface area contributed by atoms with E-state index in [1.54, 1.807) is 0 Å². The number of guanidine groups is 1. The zero-order valence-corrected chi connectivity index (χ0v) is 21.4. The fraction of sp³-hybridized carbons (Fsp3) is 0.652. The molecular formula is C23H39IN6. The Kier molecular flexibility index (Phi) is 10.4. The summed E-state index contributed by atoms with van der Waals surface area (Å²) in [6.07, 6.45) is 3.62. The Bertz CT molecular complexity index is 800. The van der Waals surface area contributed by atoms with Crippen LogP contribution in [-0.2, 0) is 6.54 Å². The molecule has 1 aliphatic rings. The van der Waals surface area contributed by atoms with E-state index in [-0.39, 0.29) is 24.0 Å². The molecule has 1 saturated heterocycles. The molecule has 1 aliphatic heterocycles. The third-order valence-electron chi connectivity index (χ3n) is 5.83. The molecule has 2 aromatic rings. The van der Waals surface area contributed by atoms with E-state index < -0.39 is 0 Å². The molecule has 0 spiro atoms.